The van der Waals surface area contributed by atoms with Crippen LogP contribution in [-0.4, -0.2) is 35.6 Å². The van der Waals surface area contributed by atoms with Gasteiger partial charge in [-0.3, -0.25) is 0 Å². The maximum Gasteiger partial charge on any atom is 0.185 e. The number of nitrogens with one attached hydrogen (secondary N) is 1. The standard InChI is InChI=1S/C16H29N3S2/c1-4-7-14-15(11-17-8-5-2)21-16(18-14)19-9-10-20-13(6-3)12-19/h13,17H,4-12H2,1-3H3. The Kier molecular flexibility index (Phi) is 7.34. The first-order valence-corrected chi connectivity index (χ1v) is 10.2. The normalized spacial score (nSPS) is 19.2. The predicted octanol–water partition coefficient (Wildman–Crippen LogP) is 3.93. The van der Waals surface area contributed by atoms with Crippen LogP contribution >= 0.6 is 23.1 Å². The molecule has 1 fully saturated rings. The molecule has 1 atom stereocenters. The van der Waals surface area contributed by atoms with Gasteiger partial charge in [0.25, 0.3) is 0 Å². The molecule has 0 saturated carbocycles. The Bertz CT molecular complexity index is 420. The predicted molar refractivity (Wildman–Crippen MR) is 96.9 cm³/mol. The van der Waals surface area contributed by atoms with Gasteiger partial charge in [-0.15, -0.1) is 11.3 Å². The van der Waals surface area contributed by atoms with Crippen LogP contribution in [0.1, 0.15) is 50.6 Å². The maximum atomic E-state index is 4.97. The Labute approximate surface area is 137 Å². The molecule has 1 aromatic heterocycles. The van der Waals surface area contributed by atoms with E-state index in [0.29, 0.717) is 0 Å². The van der Waals surface area contributed by atoms with Crippen LogP contribution in [0.5, 0.6) is 0 Å². The molecule has 1 unspecified atom stereocenters. The molecule has 2 rings (SSSR count). The van der Waals surface area contributed by atoms with Crippen LogP contribution in [0.25, 0.3) is 0 Å². The Hall–Kier alpha value is -0.260. The number of aryl methyl sites for hydroxylation is 1. The minimum atomic E-state index is 0.777. The third-order valence-electron chi connectivity index (χ3n) is 3.83. The van der Waals surface area contributed by atoms with Crippen molar-refractivity contribution in [3.8, 4) is 0 Å². The van der Waals surface area contributed by atoms with Crippen LogP contribution in [0.3, 0.4) is 0 Å². The van der Waals surface area contributed by atoms with E-state index in [9.17, 15) is 0 Å². The first kappa shape index (κ1) is 17.1. The molecule has 2 heterocycles. The zero-order chi connectivity index (χ0) is 15.1. The monoisotopic (exact) mass is 327 g/mol. The van der Waals surface area contributed by atoms with E-state index in [0.717, 1.165) is 31.3 Å². The van der Waals surface area contributed by atoms with Gasteiger partial charge in [0.1, 0.15) is 0 Å². The van der Waals surface area contributed by atoms with Crippen LogP contribution in [0, 0.1) is 0 Å². The highest BCUT2D eigenvalue weighted by atomic mass is 32.2. The molecule has 5 heteroatoms. The molecule has 21 heavy (non-hydrogen) atoms. The van der Waals surface area contributed by atoms with Crippen LogP contribution in [-0.2, 0) is 13.0 Å². The highest BCUT2D eigenvalue weighted by Crippen LogP contribution is 2.31. The fourth-order valence-corrected chi connectivity index (χ4v) is 4.89. The summed E-state index contributed by atoms with van der Waals surface area (Å²) in [5.41, 5.74) is 1.33. The summed E-state index contributed by atoms with van der Waals surface area (Å²) in [5, 5.41) is 5.57. The molecule has 1 saturated heterocycles. The lowest BCUT2D eigenvalue weighted by molar-refractivity contribution is 0.674. The first-order valence-electron chi connectivity index (χ1n) is 8.34. The summed E-state index contributed by atoms with van der Waals surface area (Å²) < 4.78 is 0. The van der Waals surface area contributed by atoms with E-state index < -0.39 is 0 Å². The molecule has 0 amide bonds. The van der Waals surface area contributed by atoms with Crippen LogP contribution in [0.2, 0.25) is 0 Å². The number of hydrogen-bond donors (Lipinski definition) is 1. The minimum Gasteiger partial charge on any atom is -0.346 e. The summed E-state index contributed by atoms with van der Waals surface area (Å²) in [6, 6.07) is 0. The SMILES string of the molecule is CCCNCc1sc(N2CCSC(CC)C2)nc1CCC. The zero-order valence-corrected chi connectivity index (χ0v) is 15.3. The van der Waals surface area contributed by atoms with Crippen molar-refractivity contribution in [3.63, 3.8) is 0 Å². The largest absolute Gasteiger partial charge is 0.346 e. The molecule has 1 aliphatic heterocycles. The molecular formula is C16H29N3S2. The van der Waals surface area contributed by atoms with Gasteiger partial charge in [0.2, 0.25) is 0 Å². The van der Waals surface area contributed by atoms with Crippen molar-refractivity contribution in [2.75, 3.05) is 30.3 Å². The van der Waals surface area contributed by atoms with E-state index in [1.165, 1.54) is 47.3 Å². The molecule has 0 bridgehead atoms. The Morgan fingerprint density at radius 1 is 1.29 bits per heavy atom. The van der Waals surface area contributed by atoms with Gasteiger partial charge in [0.05, 0.1) is 5.69 Å². The lowest BCUT2D eigenvalue weighted by Crippen LogP contribution is -2.37. The van der Waals surface area contributed by atoms with Crippen molar-refractivity contribution in [3.05, 3.63) is 10.6 Å². The Morgan fingerprint density at radius 2 is 2.14 bits per heavy atom. The van der Waals surface area contributed by atoms with Crippen molar-refractivity contribution < 1.29 is 0 Å². The van der Waals surface area contributed by atoms with Crippen LogP contribution in [0.15, 0.2) is 0 Å². The molecule has 3 nitrogen and oxygen atoms in total. The fourth-order valence-electron chi connectivity index (χ4n) is 2.59. The lowest BCUT2D eigenvalue weighted by Gasteiger charge is -2.31. The second kappa shape index (κ2) is 9.01. The van der Waals surface area contributed by atoms with E-state index in [2.05, 4.69) is 42.7 Å². The number of anilines is 1. The molecule has 120 valence electrons. The molecule has 1 aliphatic rings. The minimum absolute atomic E-state index is 0.777. The van der Waals surface area contributed by atoms with Crippen molar-refractivity contribution in [2.45, 2.75) is 58.2 Å². The number of thiazole rings is 1. The second-order valence-corrected chi connectivity index (χ2v) is 8.11. The van der Waals surface area contributed by atoms with Gasteiger partial charge < -0.3 is 10.2 Å². The summed E-state index contributed by atoms with van der Waals surface area (Å²) in [7, 11) is 0. The van der Waals surface area contributed by atoms with E-state index >= 15 is 0 Å². The molecule has 1 aromatic rings. The van der Waals surface area contributed by atoms with Gasteiger partial charge in [0.15, 0.2) is 5.13 Å². The second-order valence-electron chi connectivity index (χ2n) is 5.64. The number of hydrogen-bond acceptors (Lipinski definition) is 5. The van der Waals surface area contributed by atoms with Gasteiger partial charge in [0, 0.05) is 35.5 Å². The summed E-state index contributed by atoms with van der Waals surface area (Å²) >= 11 is 4.03. The summed E-state index contributed by atoms with van der Waals surface area (Å²) in [5.74, 6) is 1.24. The average Bonchev–Trinajstić information content (AvgIpc) is 2.91. The van der Waals surface area contributed by atoms with E-state index in [4.69, 9.17) is 4.98 Å². The summed E-state index contributed by atoms with van der Waals surface area (Å²) in [6.45, 7) is 11.2. The summed E-state index contributed by atoms with van der Waals surface area (Å²) in [4.78, 5) is 8.93. The van der Waals surface area contributed by atoms with Gasteiger partial charge in [-0.05, 0) is 25.8 Å². The van der Waals surface area contributed by atoms with Crippen molar-refractivity contribution >= 4 is 28.2 Å². The topological polar surface area (TPSA) is 28.2 Å². The summed E-state index contributed by atoms with van der Waals surface area (Å²) in [6.07, 6.45) is 4.74. The van der Waals surface area contributed by atoms with E-state index in [1.54, 1.807) is 0 Å². The van der Waals surface area contributed by atoms with Crippen molar-refractivity contribution in [2.24, 2.45) is 0 Å². The zero-order valence-electron chi connectivity index (χ0n) is 13.7. The van der Waals surface area contributed by atoms with Crippen LogP contribution < -0.4 is 10.2 Å². The van der Waals surface area contributed by atoms with Gasteiger partial charge in [-0.2, -0.15) is 11.8 Å². The highest BCUT2D eigenvalue weighted by Gasteiger charge is 2.22. The third-order valence-corrected chi connectivity index (χ3v) is 6.36. The Balaban J connectivity index is 2.06. The number of nitrogens with zero attached hydrogens (tertiary/aromatic N) is 2. The van der Waals surface area contributed by atoms with Crippen LogP contribution in [0.4, 0.5) is 5.13 Å². The number of rotatable bonds is 8. The lowest BCUT2D eigenvalue weighted by atomic mass is 10.2. The van der Waals surface area contributed by atoms with Gasteiger partial charge in [-0.25, -0.2) is 4.98 Å². The molecule has 0 aromatic carbocycles. The molecule has 1 N–H and O–H groups in total. The van der Waals surface area contributed by atoms with Gasteiger partial charge in [-0.1, -0.05) is 27.2 Å². The fraction of sp³-hybridized carbons (Fsp3) is 0.812. The quantitative estimate of drug-likeness (QED) is 0.732. The van der Waals surface area contributed by atoms with E-state index in [-0.39, 0.29) is 0 Å². The molecule has 0 radical (unpaired) electrons. The molecule has 0 spiro atoms. The maximum absolute atomic E-state index is 4.97. The smallest absolute Gasteiger partial charge is 0.185 e. The molecular weight excluding hydrogens is 298 g/mol. The van der Waals surface area contributed by atoms with Crippen molar-refractivity contribution in [1.82, 2.24) is 10.3 Å². The van der Waals surface area contributed by atoms with Crippen molar-refractivity contribution in [1.29, 1.82) is 0 Å². The number of thioether (sulfide) groups is 1. The Morgan fingerprint density at radius 3 is 2.86 bits per heavy atom. The number of aromatic nitrogens is 1. The highest BCUT2D eigenvalue weighted by molar-refractivity contribution is 8.00. The third kappa shape index (κ3) is 4.86. The van der Waals surface area contributed by atoms with E-state index in [1.807, 2.05) is 11.3 Å². The average molecular weight is 328 g/mol. The first-order chi connectivity index (χ1) is 10.3. The van der Waals surface area contributed by atoms with Gasteiger partial charge >= 0.3 is 0 Å². The molecule has 0 aliphatic carbocycles.